The van der Waals surface area contributed by atoms with Crippen molar-refractivity contribution in [1.82, 2.24) is 9.97 Å². The summed E-state index contributed by atoms with van der Waals surface area (Å²) in [5, 5.41) is 0.197. The van der Waals surface area contributed by atoms with Crippen molar-refractivity contribution >= 4 is 17.3 Å². The Labute approximate surface area is 141 Å². The first-order valence-corrected chi connectivity index (χ1v) is 7.20. The third-order valence-electron chi connectivity index (χ3n) is 3.35. The van der Waals surface area contributed by atoms with Gasteiger partial charge in [-0.05, 0) is 42.5 Å². The lowest BCUT2D eigenvalue weighted by atomic mass is 9.92. The zero-order chi connectivity index (χ0) is 21.7. The number of rotatable bonds is 3. The van der Waals surface area contributed by atoms with Crippen LogP contribution < -0.4 is 0 Å². The van der Waals surface area contributed by atoms with Crippen LogP contribution in [0.3, 0.4) is 0 Å². The molecule has 0 fully saturated rings. The Kier molecular flexibility index (Phi) is 1.94. The maximum absolute atomic E-state index is 8.22. The normalized spacial score (nSPS) is 26.9. The van der Waals surface area contributed by atoms with E-state index in [2.05, 4.69) is 23.1 Å². The van der Waals surface area contributed by atoms with Crippen LogP contribution in [0.4, 0.5) is 0 Å². The first-order valence-electron chi connectivity index (χ1n) is 10.3. The molecule has 2 aromatic rings. The number of hydrogen-bond donors (Lipinski definition) is 0. The molecule has 1 aliphatic heterocycles. The van der Waals surface area contributed by atoms with Crippen molar-refractivity contribution in [2.24, 2.45) is 0 Å². The monoisotopic (exact) mass is 302 g/mol. The molecule has 0 radical (unpaired) electrons. The summed E-state index contributed by atoms with van der Waals surface area (Å²) in [5.41, 5.74) is 1.08. The van der Waals surface area contributed by atoms with Crippen molar-refractivity contribution < 1.29 is 11.0 Å². The Bertz CT molecular complexity index is 997. The first-order chi connectivity index (χ1) is 13.4. The summed E-state index contributed by atoms with van der Waals surface area (Å²) in [7, 11) is 0. The van der Waals surface area contributed by atoms with Gasteiger partial charge in [-0.3, -0.25) is 4.98 Å². The molecule has 0 aliphatic carbocycles. The van der Waals surface area contributed by atoms with Gasteiger partial charge < -0.3 is 0 Å². The first kappa shape index (κ1) is 7.41. The average Bonchev–Trinajstić information content (AvgIpc) is 2.99. The molecular weight excluding hydrogens is 276 g/mol. The van der Waals surface area contributed by atoms with Gasteiger partial charge in [0.25, 0.3) is 0 Å². The number of aryl methyl sites for hydroxylation is 2. The molecule has 3 heterocycles. The van der Waals surface area contributed by atoms with E-state index in [0.717, 1.165) is 11.8 Å². The number of allylic oxidation sites excluding steroid dienone is 1. The number of nitrogens with zero attached hydrogens (tertiary/aromatic N) is 2. The molecule has 3 heteroatoms. The number of aromatic nitrogens is 2. The van der Waals surface area contributed by atoms with Crippen LogP contribution in [-0.4, -0.2) is 15.2 Å². The van der Waals surface area contributed by atoms with E-state index in [1.54, 1.807) is 12.1 Å². The highest BCUT2D eigenvalue weighted by molar-refractivity contribution is 8.00. The standard InChI is InChI=1S/C18H18N2S/c1-5-14-15-8-7-12(3)20-18(15)21-17(14)13(4)16-9-6-11(2)10-19-16/h5-10,14,17H,1,4H2,2-3H3/i2D3,3D3,6D,9D. The summed E-state index contributed by atoms with van der Waals surface area (Å²) in [6.07, 6.45) is 2.79. The minimum Gasteiger partial charge on any atom is -0.256 e. The van der Waals surface area contributed by atoms with Crippen molar-refractivity contribution in [2.75, 3.05) is 0 Å². The summed E-state index contributed by atoms with van der Waals surface area (Å²) in [5.74, 6) is -0.238. The van der Waals surface area contributed by atoms with Gasteiger partial charge in [-0.1, -0.05) is 36.5 Å². The maximum Gasteiger partial charge on any atom is 0.101 e. The van der Waals surface area contributed by atoms with E-state index in [-0.39, 0.29) is 34.2 Å². The third kappa shape index (κ3) is 2.54. The molecule has 1 aliphatic rings. The van der Waals surface area contributed by atoms with E-state index in [9.17, 15) is 0 Å². The molecule has 2 atom stereocenters. The smallest absolute Gasteiger partial charge is 0.101 e. The van der Waals surface area contributed by atoms with Gasteiger partial charge >= 0.3 is 0 Å². The highest BCUT2D eigenvalue weighted by atomic mass is 32.2. The van der Waals surface area contributed by atoms with Crippen LogP contribution >= 0.6 is 11.8 Å². The Morgan fingerprint density at radius 1 is 1.43 bits per heavy atom. The molecule has 2 aromatic heterocycles. The average molecular weight is 302 g/mol. The Hall–Kier alpha value is -1.87. The summed E-state index contributed by atoms with van der Waals surface area (Å²) in [6, 6.07) is 2.46. The summed E-state index contributed by atoms with van der Waals surface area (Å²) in [6.45, 7) is 3.04. The van der Waals surface area contributed by atoms with Crippen LogP contribution in [0.5, 0.6) is 0 Å². The van der Waals surface area contributed by atoms with E-state index in [0.29, 0.717) is 10.6 Å². The highest BCUT2D eigenvalue weighted by Gasteiger charge is 2.34. The van der Waals surface area contributed by atoms with Gasteiger partial charge in [0, 0.05) is 31.3 Å². The lowest BCUT2D eigenvalue weighted by Crippen LogP contribution is -2.10. The van der Waals surface area contributed by atoms with E-state index in [4.69, 9.17) is 11.0 Å². The second-order valence-corrected chi connectivity index (χ2v) is 5.82. The van der Waals surface area contributed by atoms with Crippen LogP contribution in [0.1, 0.15) is 39.4 Å². The second-order valence-electron chi connectivity index (χ2n) is 4.69. The van der Waals surface area contributed by atoms with Gasteiger partial charge in [-0.15, -0.1) is 6.58 Å². The topological polar surface area (TPSA) is 25.8 Å². The summed E-state index contributed by atoms with van der Waals surface area (Å²) in [4.78, 5) is 8.38. The molecule has 2 unspecified atom stereocenters. The predicted molar refractivity (Wildman–Crippen MR) is 89.6 cm³/mol. The quantitative estimate of drug-likeness (QED) is 0.778. The van der Waals surface area contributed by atoms with Crippen molar-refractivity contribution in [3.05, 3.63) is 72.2 Å². The van der Waals surface area contributed by atoms with E-state index in [1.165, 1.54) is 17.8 Å². The fourth-order valence-electron chi connectivity index (χ4n) is 2.31. The van der Waals surface area contributed by atoms with Gasteiger partial charge in [-0.2, -0.15) is 0 Å². The molecule has 0 bridgehead atoms. The molecule has 0 saturated heterocycles. The van der Waals surface area contributed by atoms with Gasteiger partial charge in [0.1, 0.15) is 5.03 Å². The number of thioether (sulfide) groups is 1. The Morgan fingerprint density at radius 2 is 2.33 bits per heavy atom. The molecule has 3 rings (SSSR count). The van der Waals surface area contributed by atoms with Crippen molar-refractivity contribution in [3.8, 4) is 0 Å². The molecule has 0 N–H and O–H groups in total. The molecule has 2 nitrogen and oxygen atoms in total. The third-order valence-corrected chi connectivity index (χ3v) is 4.74. The SMILES string of the molecule is [2H]c1c(C([2H])([2H])[2H])cnc(C(=C)C2Sc3nc(C([2H])([2H])[2H])ccc3C2C=C)c1[2H]. The van der Waals surface area contributed by atoms with Gasteiger partial charge in [0.05, 0.1) is 8.44 Å². The molecule has 0 spiro atoms. The number of hydrogen-bond acceptors (Lipinski definition) is 3. The fraction of sp³-hybridized carbons (Fsp3) is 0.222. The van der Waals surface area contributed by atoms with Crippen LogP contribution in [0, 0.1) is 13.7 Å². The molecule has 106 valence electrons. The van der Waals surface area contributed by atoms with E-state index >= 15 is 0 Å². The molecular formula is C18H18N2S. The molecule has 0 saturated carbocycles. The van der Waals surface area contributed by atoms with Gasteiger partial charge in [0.2, 0.25) is 0 Å². The second kappa shape index (κ2) is 5.49. The van der Waals surface area contributed by atoms with E-state index < -0.39 is 19.7 Å². The van der Waals surface area contributed by atoms with Crippen LogP contribution in [-0.2, 0) is 0 Å². The fourth-order valence-corrected chi connectivity index (χ4v) is 3.70. The predicted octanol–water partition coefficient (Wildman–Crippen LogP) is 4.55. The lowest BCUT2D eigenvalue weighted by molar-refractivity contribution is 0.878. The van der Waals surface area contributed by atoms with Crippen LogP contribution in [0.2, 0.25) is 0 Å². The summed E-state index contributed by atoms with van der Waals surface area (Å²) < 4.78 is 61.3. The Balaban J connectivity index is 2.00. The molecule has 0 amide bonds. The van der Waals surface area contributed by atoms with Gasteiger partial charge in [0.15, 0.2) is 0 Å². The molecule has 21 heavy (non-hydrogen) atoms. The lowest BCUT2D eigenvalue weighted by Gasteiger charge is -2.18. The molecule has 0 aromatic carbocycles. The van der Waals surface area contributed by atoms with Crippen molar-refractivity contribution in [3.63, 3.8) is 0 Å². The van der Waals surface area contributed by atoms with E-state index in [1.807, 2.05) is 0 Å². The zero-order valence-electron chi connectivity index (χ0n) is 19.2. The number of fused-ring (bicyclic) bond motifs is 1. The van der Waals surface area contributed by atoms with Crippen molar-refractivity contribution in [1.29, 1.82) is 0 Å². The zero-order valence-corrected chi connectivity index (χ0v) is 12.0. The minimum atomic E-state index is -2.53. The van der Waals surface area contributed by atoms with Crippen LogP contribution in [0.15, 0.2) is 54.7 Å². The minimum absolute atomic E-state index is 0.00685. The highest BCUT2D eigenvalue weighted by Crippen LogP contribution is 2.49. The van der Waals surface area contributed by atoms with Crippen molar-refractivity contribution in [2.45, 2.75) is 29.9 Å². The Morgan fingerprint density at radius 3 is 3.10 bits per heavy atom. The largest absolute Gasteiger partial charge is 0.256 e. The maximum atomic E-state index is 8.22. The van der Waals surface area contributed by atoms with Gasteiger partial charge in [-0.25, -0.2) is 4.98 Å². The number of pyridine rings is 2. The summed E-state index contributed by atoms with van der Waals surface area (Å²) >= 11 is 1.30. The van der Waals surface area contributed by atoms with Crippen LogP contribution in [0.25, 0.3) is 5.57 Å².